The lowest BCUT2D eigenvalue weighted by Crippen LogP contribution is -1.99. The highest BCUT2D eigenvalue weighted by Crippen LogP contribution is 2.26. The Balaban J connectivity index is 2.29. The van der Waals surface area contributed by atoms with Gasteiger partial charge in [0.2, 0.25) is 0 Å². The second-order valence-electron chi connectivity index (χ2n) is 4.12. The van der Waals surface area contributed by atoms with Gasteiger partial charge in [-0.25, -0.2) is 15.0 Å². The van der Waals surface area contributed by atoms with Gasteiger partial charge in [-0.15, -0.1) is 0 Å². The lowest BCUT2D eigenvalue weighted by atomic mass is 10.2. The van der Waals surface area contributed by atoms with Crippen LogP contribution in [0.3, 0.4) is 0 Å². The molecule has 0 saturated heterocycles. The normalized spacial score (nSPS) is 11.1. The molecule has 0 unspecified atom stereocenters. The number of aryl methyl sites for hydroxylation is 1. The first kappa shape index (κ1) is 12.1. The molecule has 0 amide bonds. The minimum Gasteiger partial charge on any atom is -0.382 e. The van der Waals surface area contributed by atoms with Crippen LogP contribution in [0.25, 0.3) is 22.6 Å². The van der Waals surface area contributed by atoms with Gasteiger partial charge in [0.15, 0.2) is 17.0 Å². The van der Waals surface area contributed by atoms with Gasteiger partial charge in [0, 0.05) is 16.6 Å². The van der Waals surface area contributed by atoms with Gasteiger partial charge in [-0.1, -0.05) is 28.1 Å². The largest absolute Gasteiger partial charge is 0.382 e. The number of imidazole rings is 1. The number of fused-ring (bicyclic) bond motifs is 1. The van der Waals surface area contributed by atoms with Crippen molar-refractivity contribution >= 4 is 32.9 Å². The van der Waals surface area contributed by atoms with Crippen LogP contribution in [-0.4, -0.2) is 19.5 Å². The van der Waals surface area contributed by atoms with Crippen LogP contribution < -0.4 is 5.73 Å². The van der Waals surface area contributed by atoms with E-state index < -0.39 is 0 Å². The number of hydrogen-bond acceptors (Lipinski definition) is 4. The third kappa shape index (κ3) is 1.98. The summed E-state index contributed by atoms with van der Waals surface area (Å²) in [5, 5.41) is 0. The Morgan fingerprint density at radius 1 is 1.21 bits per heavy atom. The number of rotatable bonds is 2. The Bertz CT molecular complexity index is 733. The second-order valence-corrected chi connectivity index (χ2v) is 5.03. The molecule has 2 aromatic heterocycles. The van der Waals surface area contributed by atoms with Crippen LogP contribution in [-0.2, 0) is 6.54 Å². The smallest absolute Gasteiger partial charge is 0.165 e. The number of nitrogens with two attached hydrogens (primary N) is 1. The molecular weight excluding hydrogens is 306 g/mol. The first-order valence-electron chi connectivity index (χ1n) is 5.93. The number of benzene rings is 1. The van der Waals surface area contributed by atoms with E-state index in [2.05, 4.69) is 37.8 Å². The zero-order chi connectivity index (χ0) is 13.4. The Morgan fingerprint density at radius 2 is 1.95 bits per heavy atom. The van der Waals surface area contributed by atoms with E-state index in [0.717, 1.165) is 28.1 Å². The van der Waals surface area contributed by atoms with Crippen LogP contribution >= 0.6 is 15.9 Å². The minimum absolute atomic E-state index is 0.413. The number of nitrogens with zero attached hydrogens (tertiary/aromatic N) is 4. The number of nitrogen functional groups attached to an aromatic ring is 1. The zero-order valence-corrected chi connectivity index (χ0v) is 11.9. The molecule has 0 saturated carbocycles. The molecule has 1 aromatic carbocycles. The van der Waals surface area contributed by atoms with Crippen molar-refractivity contribution in [2.24, 2.45) is 0 Å². The predicted octanol–water partition coefficient (Wildman–Crippen LogP) is 2.86. The first-order chi connectivity index (χ1) is 9.20. The molecule has 0 radical (unpaired) electrons. The quantitative estimate of drug-likeness (QED) is 0.789. The van der Waals surface area contributed by atoms with Crippen LogP contribution in [0.4, 0.5) is 5.82 Å². The van der Waals surface area contributed by atoms with E-state index in [4.69, 9.17) is 5.73 Å². The van der Waals surface area contributed by atoms with Crippen LogP contribution in [0, 0.1) is 0 Å². The molecule has 3 aromatic rings. The Kier molecular flexibility index (Phi) is 2.94. The van der Waals surface area contributed by atoms with Gasteiger partial charge in [-0.3, -0.25) is 0 Å². The number of hydrogen-bond donors (Lipinski definition) is 1. The van der Waals surface area contributed by atoms with E-state index in [9.17, 15) is 0 Å². The summed E-state index contributed by atoms with van der Waals surface area (Å²) in [4.78, 5) is 12.8. The molecule has 3 rings (SSSR count). The highest BCUT2D eigenvalue weighted by molar-refractivity contribution is 9.10. The highest BCUT2D eigenvalue weighted by atomic mass is 79.9. The molecule has 0 bridgehead atoms. The standard InChI is InChI=1S/C13H12BrN5/c1-2-19-12(8-3-5-9(14)6-4-8)18-10-11(15)16-7-17-13(10)19/h3-7H,2H2,1H3,(H2,15,16,17). The van der Waals surface area contributed by atoms with E-state index in [1.165, 1.54) is 6.33 Å². The Labute approximate surface area is 118 Å². The first-order valence-corrected chi connectivity index (χ1v) is 6.72. The molecule has 0 atom stereocenters. The van der Waals surface area contributed by atoms with Crippen molar-refractivity contribution in [2.75, 3.05) is 5.73 Å². The fourth-order valence-electron chi connectivity index (χ4n) is 2.07. The van der Waals surface area contributed by atoms with E-state index in [0.29, 0.717) is 11.3 Å². The van der Waals surface area contributed by atoms with Gasteiger partial charge in [0.1, 0.15) is 12.2 Å². The molecule has 96 valence electrons. The van der Waals surface area contributed by atoms with Crippen molar-refractivity contribution in [2.45, 2.75) is 13.5 Å². The van der Waals surface area contributed by atoms with Gasteiger partial charge in [0.25, 0.3) is 0 Å². The molecule has 19 heavy (non-hydrogen) atoms. The highest BCUT2D eigenvalue weighted by Gasteiger charge is 2.14. The maximum atomic E-state index is 5.86. The van der Waals surface area contributed by atoms with E-state index in [-0.39, 0.29) is 0 Å². The summed E-state index contributed by atoms with van der Waals surface area (Å²) in [5.41, 5.74) is 8.32. The third-order valence-electron chi connectivity index (χ3n) is 2.98. The molecule has 0 fully saturated rings. The lowest BCUT2D eigenvalue weighted by molar-refractivity contribution is 0.786. The third-order valence-corrected chi connectivity index (χ3v) is 3.51. The van der Waals surface area contributed by atoms with Crippen molar-refractivity contribution in [3.8, 4) is 11.4 Å². The van der Waals surface area contributed by atoms with Gasteiger partial charge in [-0.2, -0.15) is 0 Å². The van der Waals surface area contributed by atoms with Crippen LogP contribution in [0.2, 0.25) is 0 Å². The number of aromatic nitrogens is 4. The average molecular weight is 318 g/mol. The van der Waals surface area contributed by atoms with Crippen molar-refractivity contribution < 1.29 is 0 Å². The van der Waals surface area contributed by atoms with Crippen molar-refractivity contribution in [1.82, 2.24) is 19.5 Å². The van der Waals surface area contributed by atoms with E-state index >= 15 is 0 Å². The van der Waals surface area contributed by atoms with Crippen molar-refractivity contribution in [3.05, 3.63) is 35.1 Å². The van der Waals surface area contributed by atoms with Gasteiger partial charge < -0.3 is 10.3 Å². The van der Waals surface area contributed by atoms with Crippen molar-refractivity contribution in [1.29, 1.82) is 0 Å². The summed E-state index contributed by atoms with van der Waals surface area (Å²) < 4.78 is 3.08. The van der Waals surface area contributed by atoms with Crippen molar-refractivity contribution in [3.63, 3.8) is 0 Å². The number of halogens is 1. The summed E-state index contributed by atoms with van der Waals surface area (Å²) in [7, 11) is 0. The van der Waals surface area contributed by atoms with Crippen LogP contribution in [0.1, 0.15) is 6.92 Å². The SMILES string of the molecule is CCn1c(-c2ccc(Br)cc2)nc2c(N)ncnc21. The maximum Gasteiger partial charge on any atom is 0.165 e. The predicted molar refractivity (Wildman–Crippen MR) is 78.5 cm³/mol. The summed E-state index contributed by atoms with van der Waals surface area (Å²) >= 11 is 3.43. The van der Waals surface area contributed by atoms with Gasteiger partial charge in [0.05, 0.1) is 0 Å². The molecule has 2 heterocycles. The molecular formula is C13H12BrN5. The number of anilines is 1. The summed E-state index contributed by atoms with van der Waals surface area (Å²) in [6.45, 7) is 2.83. The summed E-state index contributed by atoms with van der Waals surface area (Å²) in [5.74, 6) is 1.27. The molecule has 0 aliphatic carbocycles. The molecule has 0 spiro atoms. The Morgan fingerprint density at radius 3 is 2.63 bits per heavy atom. The summed E-state index contributed by atoms with van der Waals surface area (Å²) in [6.07, 6.45) is 1.47. The topological polar surface area (TPSA) is 69.6 Å². The second kappa shape index (κ2) is 4.62. The van der Waals surface area contributed by atoms with E-state index in [1.54, 1.807) is 0 Å². The molecule has 0 aliphatic heterocycles. The Hall–Kier alpha value is -1.95. The van der Waals surface area contributed by atoms with Gasteiger partial charge >= 0.3 is 0 Å². The maximum absolute atomic E-state index is 5.86. The van der Waals surface area contributed by atoms with Crippen LogP contribution in [0.15, 0.2) is 35.1 Å². The van der Waals surface area contributed by atoms with E-state index in [1.807, 2.05) is 28.8 Å². The van der Waals surface area contributed by atoms with Crippen LogP contribution in [0.5, 0.6) is 0 Å². The zero-order valence-electron chi connectivity index (χ0n) is 10.3. The summed E-state index contributed by atoms with van der Waals surface area (Å²) in [6, 6.07) is 8.01. The lowest BCUT2D eigenvalue weighted by Gasteiger charge is -2.05. The fourth-order valence-corrected chi connectivity index (χ4v) is 2.34. The molecule has 6 heteroatoms. The molecule has 5 nitrogen and oxygen atoms in total. The minimum atomic E-state index is 0.413. The monoisotopic (exact) mass is 317 g/mol. The molecule has 2 N–H and O–H groups in total. The average Bonchev–Trinajstić information content (AvgIpc) is 2.79. The van der Waals surface area contributed by atoms with Gasteiger partial charge in [-0.05, 0) is 19.1 Å². The molecule has 0 aliphatic rings. The fraction of sp³-hybridized carbons (Fsp3) is 0.154.